The fraction of sp³-hybridized carbons (Fsp3) is 0.500. The van der Waals surface area contributed by atoms with Crippen molar-refractivity contribution in [3.8, 4) is 0 Å². The third-order valence-electron chi connectivity index (χ3n) is 2.66. The van der Waals surface area contributed by atoms with Gasteiger partial charge >= 0.3 is 0 Å². The quantitative estimate of drug-likeness (QED) is 0.794. The van der Waals surface area contributed by atoms with Crippen LogP contribution in [-0.4, -0.2) is 13.6 Å². The average molecular weight is 192 g/mol. The number of para-hydroxylation sites is 1. The standard InChI is InChI=1S/C12H20N2/c1-4-11(13)10-8-6-7-9-12(10)14(3)5-2/h6-9,11H,4-5,13H2,1-3H3/t11-/m0/s1. The number of nitrogens with two attached hydrogens (primary N) is 1. The van der Waals surface area contributed by atoms with Crippen LogP contribution in [0.25, 0.3) is 0 Å². The largest absolute Gasteiger partial charge is 0.375 e. The van der Waals surface area contributed by atoms with E-state index in [1.807, 2.05) is 0 Å². The molecule has 1 aromatic rings. The molecule has 2 heteroatoms. The Hall–Kier alpha value is -1.02. The smallest absolute Gasteiger partial charge is 0.0411 e. The van der Waals surface area contributed by atoms with Crippen LogP contribution < -0.4 is 10.6 Å². The van der Waals surface area contributed by atoms with Gasteiger partial charge in [0.05, 0.1) is 0 Å². The Labute approximate surface area is 86.7 Å². The highest BCUT2D eigenvalue weighted by Crippen LogP contribution is 2.25. The van der Waals surface area contributed by atoms with Crippen LogP contribution in [0.15, 0.2) is 24.3 Å². The first-order valence-corrected chi connectivity index (χ1v) is 5.26. The zero-order chi connectivity index (χ0) is 10.6. The van der Waals surface area contributed by atoms with Crippen molar-refractivity contribution < 1.29 is 0 Å². The molecule has 1 aromatic carbocycles. The Bertz CT molecular complexity index is 254. The molecule has 0 unspecified atom stereocenters. The van der Waals surface area contributed by atoms with E-state index in [2.05, 4.69) is 50.1 Å². The first kappa shape index (κ1) is 11.1. The molecule has 0 aliphatic carbocycles. The van der Waals surface area contributed by atoms with Gasteiger partial charge in [0, 0.05) is 25.3 Å². The van der Waals surface area contributed by atoms with Crippen LogP contribution in [0.1, 0.15) is 31.9 Å². The van der Waals surface area contributed by atoms with Gasteiger partial charge in [-0.1, -0.05) is 25.1 Å². The Balaban J connectivity index is 3.02. The van der Waals surface area contributed by atoms with Gasteiger partial charge in [-0.2, -0.15) is 0 Å². The first-order valence-electron chi connectivity index (χ1n) is 5.26. The maximum atomic E-state index is 6.06. The first-order chi connectivity index (χ1) is 6.70. The summed E-state index contributed by atoms with van der Waals surface area (Å²) in [7, 11) is 2.10. The van der Waals surface area contributed by atoms with E-state index in [0.717, 1.165) is 13.0 Å². The van der Waals surface area contributed by atoms with Crippen LogP contribution in [0.4, 0.5) is 5.69 Å². The van der Waals surface area contributed by atoms with Crippen molar-refractivity contribution in [2.24, 2.45) is 5.73 Å². The number of hydrogen-bond acceptors (Lipinski definition) is 2. The molecule has 0 saturated carbocycles. The third-order valence-corrected chi connectivity index (χ3v) is 2.66. The average Bonchev–Trinajstić information content (AvgIpc) is 2.27. The molecule has 1 rings (SSSR count). The Morgan fingerprint density at radius 3 is 2.50 bits per heavy atom. The van der Waals surface area contributed by atoms with Crippen LogP contribution in [0.2, 0.25) is 0 Å². The summed E-state index contributed by atoms with van der Waals surface area (Å²) < 4.78 is 0. The number of benzene rings is 1. The van der Waals surface area contributed by atoms with Gasteiger partial charge in [-0.25, -0.2) is 0 Å². The fourth-order valence-corrected chi connectivity index (χ4v) is 1.54. The van der Waals surface area contributed by atoms with Crippen LogP contribution in [0.3, 0.4) is 0 Å². The number of nitrogens with zero attached hydrogens (tertiary/aromatic N) is 1. The van der Waals surface area contributed by atoms with Crippen LogP contribution >= 0.6 is 0 Å². The molecule has 2 N–H and O–H groups in total. The van der Waals surface area contributed by atoms with E-state index < -0.39 is 0 Å². The molecule has 0 heterocycles. The van der Waals surface area contributed by atoms with Gasteiger partial charge in [0.25, 0.3) is 0 Å². The van der Waals surface area contributed by atoms with E-state index in [0.29, 0.717) is 0 Å². The van der Waals surface area contributed by atoms with E-state index in [1.54, 1.807) is 0 Å². The lowest BCUT2D eigenvalue weighted by Gasteiger charge is -2.23. The van der Waals surface area contributed by atoms with E-state index >= 15 is 0 Å². The summed E-state index contributed by atoms with van der Waals surface area (Å²) in [5, 5.41) is 0. The summed E-state index contributed by atoms with van der Waals surface area (Å²) >= 11 is 0. The van der Waals surface area contributed by atoms with Crippen molar-refractivity contribution in [2.45, 2.75) is 26.3 Å². The second-order valence-corrected chi connectivity index (χ2v) is 3.59. The molecule has 0 aromatic heterocycles. The molecule has 0 bridgehead atoms. The van der Waals surface area contributed by atoms with E-state index in [9.17, 15) is 0 Å². The molecule has 0 aliphatic rings. The highest BCUT2D eigenvalue weighted by atomic mass is 15.1. The molecular weight excluding hydrogens is 172 g/mol. The fourth-order valence-electron chi connectivity index (χ4n) is 1.54. The molecular formula is C12H20N2. The van der Waals surface area contributed by atoms with Gasteiger partial charge < -0.3 is 10.6 Å². The van der Waals surface area contributed by atoms with Gasteiger partial charge in [-0.3, -0.25) is 0 Å². The highest BCUT2D eigenvalue weighted by Gasteiger charge is 2.10. The third kappa shape index (κ3) is 2.26. The van der Waals surface area contributed by atoms with E-state index in [-0.39, 0.29) is 6.04 Å². The molecule has 0 fully saturated rings. The second kappa shape index (κ2) is 5.01. The maximum Gasteiger partial charge on any atom is 0.0411 e. The normalized spacial score (nSPS) is 12.6. The summed E-state index contributed by atoms with van der Waals surface area (Å²) in [6.45, 7) is 5.27. The topological polar surface area (TPSA) is 29.3 Å². The predicted molar refractivity (Wildman–Crippen MR) is 62.6 cm³/mol. The van der Waals surface area contributed by atoms with Crippen LogP contribution in [-0.2, 0) is 0 Å². The zero-order valence-corrected chi connectivity index (χ0v) is 9.33. The second-order valence-electron chi connectivity index (χ2n) is 3.59. The number of rotatable bonds is 4. The summed E-state index contributed by atoms with van der Waals surface area (Å²) in [5.74, 6) is 0. The monoisotopic (exact) mass is 192 g/mol. The minimum atomic E-state index is 0.153. The van der Waals surface area contributed by atoms with Crippen molar-refractivity contribution in [1.29, 1.82) is 0 Å². The highest BCUT2D eigenvalue weighted by molar-refractivity contribution is 5.54. The molecule has 0 amide bonds. The SMILES string of the molecule is CC[C@H](N)c1ccccc1N(C)CC. The summed E-state index contributed by atoms with van der Waals surface area (Å²) in [6, 6.07) is 8.52. The lowest BCUT2D eigenvalue weighted by atomic mass is 10.0. The number of hydrogen-bond donors (Lipinski definition) is 1. The molecule has 0 radical (unpaired) electrons. The molecule has 78 valence electrons. The summed E-state index contributed by atoms with van der Waals surface area (Å²) in [6.07, 6.45) is 0.981. The van der Waals surface area contributed by atoms with E-state index in [4.69, 9.17) is 5.73 Å². The minimum Gasteiger partial charge on any atom is -0.375 e. The molecule has 0 spiro atoms. The molecule has 14 heavy (non-hydrogen) atoms. The Kier molecular flexibility index (Phi) is 3.96. The summed E-state index contributed by atoms with van der Waals surface area (Å²) in [5.41, 5.74) is 8.56. The Morgan fingerprint density at radius 1 is 1.29 bits per heavy atom. The maximum absolute atomic E-state index is 6.06. The van der Waals surface area contributed by atoms with Crippen molar-refractivity contribution in [3.63, 3.8) is 0 Å². The van der Waals surface area contributed by atoms with Gasteiger partial charge in [0.15, 0.2) is 0 Å². The van der Waals surface area contributed by atoms with E-state index in [1.165, 1.54) is 11.3 Å². The minimum absolute atomic E-state index is 0.153. The predicted octanol–water partition coefficient (Wildman–Crippen LogP) is 2.55. The lowest BCUT2D eigenvalue weighted by Crippen LogP contribution is -2.20. The van der Waals surface area contributed by atoms with Crippen molar-refractivity contribution in [1.82, 2.24) is 0 Å². The molecule has 0 saturated heterocycles. The molecule has 0 aliphatic heterocycles. The molecule has 2 nitrogen and oxygen atoms in total. The van der Waals surface area contributed by atoms with Crippen molar-refractivity contribution >= 4 is 5.69 Å². The molecule has 1 atom stereocenters. The van der Waals surface area contributed by atoms with Crippen LogP contribution in [0, 0.1) is 0 Å². The van der Waals surface area contributed by atoms with Gasteiger partial charge in [0.1, 0.15) is 0 Å². The Morgan fingerprint density at radius 2 is 1.93 bits per heavy atom. The van der Waals surface area contributed by atoms with Crippen molar-refractivity contribution in [3.05, 3.63) is 29.8 Å². The van der Waals surface area contributed by atoms with Crippen molar-refractivity contribution in [2.75, 3.05) is 18.5 Å². The number of anilines is 1. The van der Waals surface area contributed by atoms with Crippen LogP contribution in [0.5, 0.6) is 0 Å². The van der Waals surface area contributed by atoms with Gasteiger partial charge in [-0.15, -0.1) is 0 Å². The zero-order valence-electron chi connectivity index (χ0n) is 9.33. The lowest BCUT2D eigenvalue weighted by molar-refractivity contribution is 0.695. The van der Waals surface area contributed by atoms with Gasteiger partial charge in [-0.05, 0) is 25.0 Å². The summed E-state index contributed by atoms with van der Waals surface area (Å²) in [4.78, 5) is 2.23. The van der Waals surface area contributed by atoms with Gasteiger partial charge in [0.2, 0.25) is 0 Å².